The van der Waals surface area contributed by atoms with Crippen molar-refractivity contribution in [2.75, 3.05) is 0 Å². The third-order valence-electron chi connectivity index (χ3n) is 9.47. The van der Waals surface area contributed by atoms with E-state index in [1.165, 1.54) is 27.3 Å². The van der Waals surface area contributed by atoms with Crippen molar-refractivity contribution < 1.29 is 4.42 Å². The summed E-state index contributed by atoms with van der Waals surface area (Å²) in [7, 11) is 0. The summed E-state index contributed by atoms with van der Waals surface area (Å²) in [5.41, 5.74) is 6.81. The van der Waals surface area contributed by atoms with Crippen molar-refractivity contribution in [2.24, 2.45) is 0 Å². The number of hydrogen-bond donors (Lipinski definition) is 0. The Balaban J connectivity index is 1.16. The molecular formula is C45H27N3O. The lowest BCUT2D eigenvalue weighted by molar-refractivity contribution is 0.669. The topological polar surface area (TPSA) is 51.8 Å². The third-order valence-corrected chi connectivity index (χ3v) is 9.47. The summed E-state index contributed by atoms with van der Waals surface area (Å²) in [5.74, 6) is 1.87. The van der Waals surface area contributed by atoms with Crippen molar-refractivity contribution in [1.29, 1.82) is 0 Å². The maximum absolute atomic E-state index is 6.55. The lowest BCUT2D eigenvalue weighted by Gasteiger charge is -2.10. The van der Waals surface area contributed by atoms with Gasteiger partial charge in [0.1, 0.15) is 11.2 Å². The molecule has 2 aromatic heterocycles. The molecule has 49 heavy (non-hydrogen) atoms. The summed E-state index contributed by atoms with van der Waals surface area (Å²) in [4.78, 5) is 15.2. The molecule has 0 saturated heterocycles. The second-order valence-corrected chi connectivity index (χ2v) is 12.5. The normalized spacial score (nSPS) is 11.7. The van der Waals surface area contributed by atoms with E-state index >= 15 is 0 Å². The van der Waals surface area contributed by atoms with Crippen molar-refractivity contribution >= 4 is 54.3 Å². The van der Waals surface area contributed by atoms with Gasteiger partial charge in [0.15, 0.2) is 17.5 Å². The van der Waals surface area contributed by atoms with E-state index in [9.17, 15) is 0 Å². The van der Waals surface area contributed by atoms with Gasteiger partial charge in [-0.2, -0.15) is 0 Å². The van der Waals surface area contributed by atoms with Crippen molar-refractivity contribution in [2.45, 2.75) is 0 Å². The number of nitrogens with zero attached hydrogens (tertiary/aromatic N) is 3. The van der Waals surface area contributed by atoms with Gasteiger partial charge in [-0.25, -0.2) is 15.0 Å². The Morgan fingerprint density at radius 2 is 0.959 bits per heavy atom. The van der Waals surface area contributed by atoms with E-state index in [0.29, 0.717) is 17.5 Å². The second-order valence-electron chi connectivity index (χ2n) is 12.5. The first-order chi connectivity index (χ1) is 24.2. The van der Waals surface area contributed by atoms with Gasteiger partial charge in [-0.3, -0.25) is 0 Å². The quantitative estimate of drug-likeness (QED) is 0.195. The Bertz CT molecular complexity index is 2890. The average molecular weight is 626 g/mol. The van der Waals surface area contributed by atoms with E-state index in [-0.39, 0.29) is 0 Å². The molecule has 0 radical (unpaired) electrons. The zero-order chi connectivity index (χ0) is 32.3. The molecule has 0 aliphatic rings. The highest BCUT2D eigenvalue weighted by Gasteiger charge is 2.19. The molecular weight excluding hydrogens is 599 g/mol. The van der Waals surface area contributed by atoms with Gasteiger partial charge in [-0.1, -0.05) is 133 Å². The fourth-order valence-corrected chi connectivity index (χ4v) is 7.07. The van der Waals surface area contributed by atoms with Gasteiger partial charge in [0.25, 0.3) is 0 Å². The first-order valence-corrected chi connectivity index (χ1v) is 16.4. The zero-order valence-corrected chi connectivity index (χ0v) is 26.3. The van der Waals surface area contributed by atoms with Gasteiger partial charge in [0.2, 0.25) is 0 Å². The molecule has 0 N–H and O–H groups in total. The van der Waals surface area contributed by atoms with E-state index in [0.717, 1.165) is 54.8 Å². The third kappa shape index (κ3) is 4.65. The summed E-state index contributed by atoms with van der Waals surface area (Å²) < 4.78 is 6.55. The number of furan rings is 1. The predicted molar refractivity (Wildman–Crippen MR) is 201 cm³/mol. The molecule has 0 atom stereocenters. The van der Waals surface area contributed by atoms with Crippen LogP contribution in [0.15, 0.2) is 168 Å². The zero-order valence-electron chi connectivity index (χ0n) is 26.3. The highest BCUT2D eigenvalue weighted by Crippen LogP contribution is 2.39. The lowest BCUT2D eigenvalue weighted by Crippen LogP contribution is -2.00. The van der Waals surface area contributed by atoms with Crippen LogP contribution in [0.2, 0.25) is 0 Å². The van der Waals surface area contributed by atoms with Crippen molar-refractivity contribution in [3.63, 3.8) is 0 Å². The summed E-state index contributed by atoms with van der Waals surface area (Å²) in [6, 6.07) is 57.0. The molecule has 2 heterocycles. The summed E-state index contributed by atoms with van der Waals surface area (Å²) in [6.45, 7) is 0. The van der Waals surface area contributed by atoms with Crippen molar-refractivity contribution in [1.82, 2.24) is 15.0 Å². The molecule has 10 rings (SSSR count). The first kappa shape index (κ1) is 27.5. The van der Waals surface area contributed by atoms with E-state index in [4.69, 9.17) is 19.4 Å². The monoisotopic (exact) mass is 625 g/mol. The molecule has 0 aliphatic carbocycles. The molecule has 0 bridgehead atoms. The van der Waals surface area contributed by atoms with Crippen molar-refractivity contribution in [3.8, 4) is 45.3 Å². The Morgan fingerprint density at radius 1 is 0.327 bits per heavy atom. The number of fused-ring (bicyclic) bond motifs is 6. The molecule has 0 amide bonds. The van der Waals surface area contributed by atoms with E-state index in [1.807, 2.05) is 42.5 Å². The van der Waals surface area contributed by atoms with Gasteiger partial charge in [0, 0.05) is 27.5 Å². The standard InChI is InChI=1S/C45H27N3O/c1-2-12-30(13-3-1)43-46-44(34-23-20-28-10-4-5-14-31(28)24-34)48-45(47-43)38-18-9-19-40-42(38)39-26-32-21-22-33(25-35(32)27-41(39)49-40)37-17-8-15-29-11-6-7-16-36(29)37/h1-27H. The average Bonchev–Trinajstić information content (AvgIpc) is 3.54. The minimum absolute atomic E-state index is 0.608. The van der Waals surface area contributed by atoms with Crippen LogP contribution in [0.3, 0.4) is 0 Å². The van der Waals surface area contributed by atoms with Crippen LogP contribution in [-0.2, 0) is 0 Å². The molecule has 228 valence electrons. The minimum atomic E-state index is 0.608. The molecule has 4 nitrogen and oxygen atoms in total. The maximum atomic E-state index is 6.55. The smallest absolute Gasteiger partial charge is 0.164 e. The SMILES string of the molecule is c1ccc(-c2nc(-c3ccc4ccccc4c3)nc(-c3cccc4oc5cc6cc(-c7cccc8ccccc78)ccc6cc5c34)n2)cc1. The van der Waals surface area contributed by atoms with Gasteiger partial charge in [-0.05, 0) is 73.8 Å². The molecule has 4 heteroatoms. The van der Waals surface area contributed by atoms with Gasteiger partial charge < -0.3 is 4.42 Å². The second kappa shape index (κ2) is 11.0. The fraction of sp³-hybridized carbons (Fsp3) is 0. The highest BCUT2D eigenvalue weighted by molar-refractivity contribution is 6.15. The van der Waals surface area contributed by atoms with Crippen LogP contribution in [-0.4, -0.2) is 15.0 Å². The molecule has 0 fully saturated rings. The number of hydrogen-bond acceptors (Lipinski definition) is 4. The van der Waals surface area contributed by atoms with E-state index < -0.39 is 0 Å². The highest BCUT2D eigenvalue weighted by atomic mass is 16.3. The molecule has 0 unspecified atom stereocenters. The number of benzene rings is 8. The Hall–Kier alpha value is -6.65. The fourth-order valence-electron chi connectivity index (χ4n) is 7.07. The van der Waals surface area contributed by atoms with Gasteiger partial charge >= 0.3 is 0 Å². The first-order valence-electron chi connectivity index (χ1n) is 16.4. The summed E-state index contributed by atoms with van der Waals surface area (Å²) in [6.07, 6.45) is 0. The molecule has 0 saturated carbocycles. The van der Waals surface area contributed by atoms with Crippen LogP contribution in [0, 0.1) is 0 Å². The summed E-state index contributed by atoms with van der Waals surface area (Å²) in [5, 5.41) is 9.09. The molecule has 8 aromatic carbocycles. The Labute approximate surface area is 282 Å². The predicted octanol–water partition coefficient (Wildman–Crippen LogP) is 11.9. The Morgan fingerprint density at radius 3 is 1.86 bits per heavy atom. The molecule has 0 aliphatic heterocycles. The van der Waals surface area contributed by atoms with E-state index in [2.05, 4.69) is 121 Å². The van der Waals surface area contributed by atoms with Crippen LogP contribution in [0.5, 0.6) is 0 Å². The Kier molecular flexibility index (Phi) is 6.15. The van der Waals surface area contributed by atoms with Crippen LogP contribution in [0.4, 0.5) is 0 Å². The minimum Gasteiger partial charge on any atom is -0.456 e. The summed E-state index contributed by atoms with van der Waals surface area (Å²) >= 11 is 0. The van der Waals surface area contributed by atoms with Crippen LogP contribution < -0.4 is 0 Å². The molecule has 10 aromatic rings. The number of aromatic nitrogens is 3. The van der Waals surface area contributed by atoms with Crippen LogP contribution in [0.25, 0.3) is 99.5 Å². The van der Waals surface area contributed by atoms with E-state index in [1.54, 1.807) is 0 Å². The lowest BCUT2D eigenvalue weighted by atomic mass is 9.95. The maximum Gasteiger partial charge on any atom is 0.164 e. The van der Waals surface area contributed by atoms with Gasteiger partial charge in [-0.15, -0.1) is 0 Å². The van der Waals surface area contributed by atoms with Crippen LogP contribution in [0.1, 0.15) is 0 Å². The van der Waals surface area contributed by atoms with Gasteiger partial charge in [0.05, 0.1) is 0 Å². The largest absolute Gasteiger partial charge is 0.456 e. The number of rotatable bonds is 4. The van der Waals surface area contributed by atoms with Crippen LogP contribution >= 0.6 is 0 Å². The van der Waals surface area contributed by atoms with Crippen molar-refractivity contribution in [3.05, 3.63) is 164 Å². The molecule has 0 spiro atoms.